The van der Waals surface area contributed by atoms with Gasteiger partial charge in [0.05, 0.1) is 11.4 Å². The van der Waals surface area contributed by atoms with E-state index in [1.165, 1.54) is 25.3 Å². The molecular weight excluding hydrogens is 400 g/mol. The lowest BCUT2D eigenvalue weighted by atomic mass is 9.96. The summed E-state index contributed by atoms with van der Waals surface area (Å²) in [4.78, 5) is 26.9. The SMILES string of the molecule is CC(C)N(Cc1ccc(C=CC(=O)Nc2ccccc2N)cc1)C(=O)NC1CCCCC1. The normalized spacial score (nSPS) is 14.5. The second kappa shape index (κ2) is 11.4. The smallest absolute Gasteiger partial charge is 0.318 e. The van der Waals surface area contributed by atoms with Crippen molar-refractivity contribution in [3.8, 4) is 0 Å². The van der Waals surface area contributed by atoms with E-state index in [4.69, 9.17) is 5.73 Å². The van der Waals surface area contributed by atoms with Gasteiger partial charge in [-0.15, -0.1) is 0 Å². The highest BCUT2D eigenvalue weighted by Gasteiger charge is 2.21. The molecule has 0 bridgehead atoms. The van der Waals surface area contributed by atoms with Crippen molar-refractivity contribution in [2.45, 2.75) is 64.6 Å². The maximum absolute atomic E-state index is 12.8. The van der Waals surface area contributed by atoms with Gasteiger partial charge in [-0.25, -0.2) is 4.79 Å². The number of rotatable bonds is 7. The molecule has 1 fully saturated rings. The number of hydrogen-bond acceptors (Lipinski definition) is 3. The number of hydrogen-bond donors (Lipinski definition) is 3. The number of nitrogens with two attached hydrogens (primary N) is 1. The summed E-state index contributed by atoms with van der Waals surface area (Å²) < 4.78 is 0. The minimum absolute atomic E-state index is 0.00716. The zero-order valence-corrected chi connectivity index (χ0v) is 19.0. The van der Waals surface area contributed by atoms with Crippen LogP contribution in [0.2, 0.25) is 0 Å². The maximum Gasteiger partial charge on any atom is 0.318 e. The molecule has 0 unspecified atom stereocenters. The lowest BCUT2D eigenvalue weighted by molar-refractivity contribution is -0.111. The molecule has 32 heavy (non-hydrogen) atoms. The van der Waals surface area contributed by atoms with Gasteiger partial charge in [0.25, 0.3) is 0 Å². The first-order valence-electron chi connectivity index (χ1n) is 11.4. The molecule has 0 aliphatic heterocycles. The topological polar surface area (TPSA) is 87.5 Å². The van der Waals surface area contributed by atoms with E-state index in [0.29, 0.717) is 24.0 Å². The Morgan fingerprint density at radius 3 is 2.41 bits per heavy atom. The van der Waals surface area contributed by atoms with Crippen molar-refractivity contribution >= 4 is 29.4 Å². The molecule has 2 aromatic carbocycles. The molecule has 0 aromatic heterocycles. The molecule has 0 radical (unpaired) electrons. The van der Waals surface area contributed by atoms with Gasteiger partial charge >= 0.3 is 6.03 Å². The van der Waals surface area contributed by atoms with E-state index in [1.54, 1.807) is 18.2 Å². The molecule has 0 saturated heterocycles. The molecule has 1 aliphatic rings. The summed E-state index contributed by atoms with van der Waals surface area (Å²) in [6.07, 6.45) is 9.04. The second-order valence-corrected chi connectivity index (χ2v) is 8.66. The summed E-state index contributed by atoms with van der Waals surface area (Å²) in [6, 6.07) is 15.5. The Hall–Kier alpha value is -3.28. The van der Waals surface area contributed by atoms with Crippen molar-refractivity contribution in [3.05, 3.63) is 65.7 Å². The molecule has 6 heteroatoms. The molecule has 0 spiro atoms. The van der Waals surface area contributed by atoms with E-state index in [9.17, 15) is 9.59 Å². The Morgan fingerprint density at radius 1 is 1.06 bits per heavy atom. The third-order valence-corrected chi connectivity index (χ3v) is 5.80. The Balaban J connectivity index is 1.56. The average molecular weight is 435 g/mol. The van der Waals surface area contributed by atoms with Crippen LogP contribution in [0.1, 0.15) is 57.1 Å². The molecule has 1 aliphatic carbocycles. The van der Waals surface area contributed by atoms with Gasteiger partial charge in [-0.3, -0.25) is 4.79 Å². The molecular formula is C26H34N4O2. The van der Waals surface area contributed by atoms with Crippen LogP contribution in [0.25, 0.3) is 6.08 Å². The predicted molar refractivity (Wildman–Crippen MR) is 131 cm³/mol. The van der Waals surface area contributed by atoms with Crippen LogP contribution in [0.15, 0.2) is 54.6 Å². The van der Waals surface area contributed by atoms with E-state index in [-0.39, 0.29) is 18.0 Å². The van der Waals surface area contributed by atoms with Crippen LogP contribution < -0.4 is 16.4 Å². The monoisotopic (exact) mass is 434 g/mol. The van der Waals surface area contributed by atoms with Gasteiger partial charge in [0.1, 0.15) is 0 Å². The number of para-hydroxylation sites is 2. The molecule has 170 valence electrons. The van der Waals surface area contributed by atoms with Crippen LogP contribution in [0.5, 0.6) is 0 Å². The number of nitrogen functional groups attached to an aromatic ring is 1. The van der Waals surface area contributed by atoms with Gasteiger partial charge in [-0.2, -0.15) is 0 Å². The summed E-state index contributed by atoms with van der Waals surface area (Å²) in [6.45, 7) is 4.62. The highest BCUT2D eigenvalue weighted by Crippen LogP contribution is 2.19. The maximum atomic E-state index is 12.8. The minimum Gasteiger partial charge on any atom is -0.397 e. The fraction of sp³-hybridized carbons (Fsp3) is 0.385. The summed E-state index contributed by atoms with van der Waals surface area (Å²) in [5, 5.41) is 5.99. The molecule has 4 N–H and O–H groups in total. The lowest BCUT2D eigenvalue weighted by Crippen LogP contribution is -2.47. The Bertz CT molecular complexity index is 931. The van der Waals surface area contributed by atoms with Crippen LogP contribution in [-0.4, -0.2) is 28.9 Å². The highest BCUT2D eigenvalue weighted by atomic mass is 16.2. The largest absolute Gasteiger partial charge is 0.397 e. The minimum atomic E-state index is -0.239. The molecule has 3 rings (SSSR count). The van der Waals surface area contributed by atoms with Gasteiger partial charge < -0.3 is 21.3 Å². The van der Waals surface area contributed by atoms with Crippen LogP contribution in [-0.2, 0) is 11.3 Å². The first-order chi connectivity index (χ1) is 15.4. The fourth-order valence-electron chi connectivity index (χ4n) is 3.88. The fourth-order valence-corrected chi connectivity index (χ4v) is 3.88. The van der Waals surface area contributed by atoms with Gasteiger partial charge in [0.15, 0.2) is 0 Å². The Labute approximate surface area is 190 Å². The van der Waals surface area contributed by atoms with Crippen molar-refractivity contribution in [2.24, 2.45) is 0 Å². The zero-order chi connectivity index (χ0) is 22.9. The van der Waals surface area contributed by atoms with Gasteiger partial charge in [-0.1, -0.05) is 55.7 Å². The highest BCUT2D eigenvalue weighted by molar-refractivity contribution is 6.03. The number of benzene rings is 2. The van der Waals surface area contributed by atoms with Gasteiger partial charge in [0, 0.05) is 24.7 Å². The van der Waals surface area contributed by atoms with E-state index in [0.717, 1.165) is 24.0 Å². The van der Waals surface area contributed by atoms with Gasteiger partial charge in [-0.05, 0) is 56.0 Å². The molecule has 0 atom stereocenters. The van der Waals surface area contributed by atoms with Crippen molar-refractivity contribution in [1.29, 1.82) is 0 Å². The summed E-state index contributed by atoms with van der Waals surface area (Å²) in [5.74, 6) is -0.239. The average Bonchev–Trinajstić information content (AvgIpc) is 2.79. The van der Waals surface area contributed by atoms with Crippen molar-refractivity contribution < 1.29 is 9.59 Å². The number of amides is 3. The quantitative estimate of drug-likeness (QED) is 0.415. The zero-order valence-electron chi connectivity index (χ0n) is 19.0. The van der Waals surface area contributed by atoms with Crippen molar-refractivity contribution in [2.75, 3.05) is 11.1 Å². The third-order valence-electron chi connectivity index (χ3n) is 5.80. The molecule has 1 saturated carbocycles. The molecule has 2 aromatic rings. The lowest BCUT2D eigenvalue weighted by Gasteiger charge is -2.31. The van der Waals surface area contributed by atoms with E-state index in [2.05, 4.69) is 10.6 Å². The summed E-state index contributed by atoms with van der Waals surface area (Å²) in [7, 11) is 0. The van der Waals surface area contributed by atoms with Crippen LogP contribution >= 0.6 is 0 Å². The third kappa shape index (κ3) is 6.87. The molecule has 3 amide bonds. The van der Waals surface area contributed by atoms with E-state index < -0.39 is 0 Å². The first-order valence-corrected chi connectivity index (χ1v) is 11.4. The molecule has 0 heterocycles. The number of nitrogens with zero attached hydrogens (tertiary/aromatic N) is 1. The van der Waals surface area contributed by atoms with Crippen LogP contribution in [0.4, 0.5) is 16.2 Å². The number of urea groups is 1. The first kappa shape index (κ1) is 23.4. The predicted octanol–water partition coefficient (Wildman–Crippen LogP) is 5.17. The van der Waals surface area contributed by atoms with Crippen molar-refractivity contribution in [3.63, 3.8) is 0 Å². The van der Waals surface area contributed by atoms with Crippen LogP contribution in [0, 0.1) is 0 Å². The second-order valence-electron chi connectivity index (χ2n) is 8.66. The van der Waals surface area contributed by atoms with Crippen molar-refractivity contribution in [1.82, 2.24) is 10.2 Å². The number of carbonyl (C=O) groups excluding carboxylic acids is 2. The standard InChI is InChI=1S/C26H34N4O2/c1-19(2)30(26(32)28-22-8-4-3-5-9-22)18-21-14-12-20(13-15-21)16-17-25(31)29-24-11-7-6-10-23(24)27/h6-7,10-17,19,22H,3-5,8-9,18,27H2,1-2H3,(H,28,32)(H,29,31). The number of nitrogens with one attached hydrogen (secondary N) is 2. The van der Waals surface area contributed by atoms with E-state index in [1.807, 2.05) is 55.1 Å². The van der Waals surface area contributed by atoms with E-state index >= 15 is 0 Å². The summed E-state index contributed by atoms with van der Waals surface area (Å²) >= 11 is 0. The van der Waals surface area contributed by atoms with Gasteiger partial charge in [0.2, 0.25) is 5.91 Å². The summed E-state index contributed by atoms with van der Waals surface area (Å²) in [5.41, 5.74) is 8.94. The van der Waals surface area contributed by atoms with Crippen LogP contribution in [0.3, 0.4) is 0 Å². The number of carbonyl (C=O) groups is 2. The molecule has 6 nitrogen and oxygen atoms in total. The Morgan fingerprint density at radius 2 is 1.75 bits per heavy atom. The Kier molecular flexibility index (Phi) is 8.31. The number of anilines is 2.